The van der Waals surface area contributed by atoms with Gasteiger partial charge < -0.3 is 10.3 Å². The first-order chi connectivity index (χ1) is 8.74. The van der Waals surface area contributed by atoms with Gasteiger partial charge in [-0.25, -0.2) is 0 Å². The number of hydrogen-bond donors (Lipinski definition) is 1. The molecule has 0 spiro atoms. The van der Waals surface area contributed by atoms with Crippen molar-refractivity contribution in [2.45, 2.75) is 38.5 Å². The lowest BCUT2D eigenvalue weighted by molar-refractivity contribution is 0.416. The van der Waals surface area contributed by atoms with E-state index < -0.39 is 0 Å². The van der Waals surface area contributed by atoms with Crippen molar-refractivity contribution in [3.63, 3.8) is 0 Å². The summed E-state index contributed by atoms with van der Waals surface area (Å²) >= 11 is 0. The van der Waals surface area contributed by atoms with Crippen molar-refractivity contribution in [2.24, 2.45) is 0 Å². The third-order valence-corrected chi connectivity index (χ3v) is 3.60. The second-order valence-electron chi connectivity index (χ2n) is 5.03. The summed E-state index contributed by atoms with van der Waals surface area (Å²) in [6.45, 7) is 2.02. The van der Waals surface area contributed by atoms with Crippen LogP contribution < -0.4 is 5.73 Å². The predicted molar refractivity (Wildman–Crippen MR) is 70.1 cm³/mol. The maximum atomic E-state index is 5.96. The first kappa shape index (κ1) is 11.3. The first-order valence-corrected chi connectivity index (χ1v) is 6.44. The van der Waals surface area contributed by atoms with Crippen LogP contribution in [0.15, 0.2) is 22.7 Å². The molecule has 0 radical (unpaired) electrons. The fraction of sp³-hybridized carbons (Fsp3) is 0.429. The Morgan fingerprint density at radius 1 is 1.28 bits per heavy atom. The molecule has 0 amide bonds. The van der Waals surface area contributed by atoms with Crippen molar-refractivity contribution >= 4 is 5.69 Å². The summed E-state index contributed by atoms with van der Waals surface area (Å²) in [7, 11) is 0. The van der Waals surface area contributed by atoms with Gasteiger partial charge >= 0.3 is 0 Å². The number of aromatic nitrogens is 2. The van der Waals surface area contributed by atoms with Gasteiger partial charge in [-0.3, -0.25) is 0 Å². The molecule has 4 heteroatoms. The van der Waals surface area contributed by atoms with Gasteiger partial charge in [0.25, 0.3) is 5.89 Å². The molecule has 0 bridgehead atoms. The summed E-state index contributed by atoms with van der Waals surface area (Å²) in [5.41, 5.74) is 8.62. The molecule has 2 N–H and O–H groups in total. The molecule has 94 valence electrons. The Hall–Kier alpha value is -1.84. The highest BCUT2D eigenvalue weighted by atomic mass is 16.5. The minimum absolute atomic E-state index is 0.466. The van der Waals surface area contributed by atoms with Gasteiger partial charge in [-0.15, -0.1) is 0 Å². The number of aryl methyl sites for hydroxylation is 1. The zero-order valence-electron chi connectivity index (χ0n) is 10.5. The molecular weight excluding hydrogens is 226 g/mol. The van der Waals surface area contributed by atoms with E-state index in [2.05, 4.69) is 10.1 Å². The molecule has 0 atom stereocenters. The van der Waals surface area contributed by atoms with Gasteiger partial charge in [0.2, 0.25) is 0 Å². The minimum atomic E-state index is 0.466. The van der Waals surface area contributed by atoms with Crippen molar-refractivity contribution in [2.75, 3.05) is 5.73 Å². The van der Waals surface area contributed by atoms with Gasteiger partial charge in [0.05, 0.1) is 5.56 Å². The molecule has 1 saturated carbocycles. The average molecular weight is 243 g/mol. The summed E-state index contributed by atoms with van der Waals surface area (Å²) in [4.78, 5) is 4.51. The number of hydrogen-bond acceptors (Lipinski definition) is 4. The van der Waals surface area contributed by atoms with Gasteiger partial charge in [-0.2, -0.15) is 4.98 Å². The Labute approximate surface area is 106 Å². The zero-order valence-corrected chi connectivity index (χ0v) is 10.5. The van der Waals surface area contributed by atoms with Crippen molar-refractivity contribution in [1.29, 1.82) is 0 Å². The molecule has 1 aliphatic rings. The Kier molecular flexibility index (Phi) is 2.78. The standard InChI is InChI=1S/C14H17N3O/c1-9-6-7-12(15)11(8-9)14-16-13(17-18-14)10-4-2-3-5-10/h6-8,10H,2-5,15H2,1H3. The van der Waals surface area contributed by atoms with Crippen molar-refractivity contribution in [1.82, 2.24) is 10.1 Å². The molecule has 1 aromatic carbocycles. The predicted octanol–water partition coefficient (Wildman–Crippen LogP) is 3.28. The van der Waals surface area contributed by atoms with Crippen LogP contribution in [-0.2, 0) is 0 Å². The largest absolute Gasteiger partial charge is 0.398 e. The number of nitrogens with two attached hydrogens (primary N) is 1. The Bertz CT molecular complexity index is 556. The Morgan fingerprint density at radius 2 is 2.06 bits per heavy atom. The third-order valence-electron chi connectivity index (χ3n) is 3.60. The third kappa shape index (κ3) is 1.98. The highest BCUT2D eigenvalue weighted by Crippen LogP contribution is 2.34. The van der Waals surface area contributed by atoms with Gasteiger partial charge in [-0.05, 0) is 31.9 Å². The molecule has 0 aliphatic heterocycles. The van der Waals surface area contributed by atoms with E-state index in [1.165, 1.54) is 25.7 Å². The zero-order chi connectivity index (χ0) is 12.5. The van der Waals surface area contributed by atoms with E-state index in [1.807, 2.05) is 25.1 Å². The summed E-state index contributed by atoms with van der Waals surface area (Å²) in [6.07, 6.45) is 4.87. The second-order valence-corrected chi connectivity index (χ2v) is 5.03. The number of anilines is 1. The van der Waals surface area contributed by atoms with Gasteiger partial charge in [0.15, 0.2) is 5.82 Å². The molecule has 1 aliphatic carbocycles. The van der Waals surface area contributed by atoms with Crippen LogP contribution in [0.4, 0.5) is 5.69 Å². The molecule has 18 heavy (non-hydrogen) atoms. The number of benzene rings is 1. The van der Waals surface area contributed by atoms with Crippen LogP contribution in [-0.4, -0.2) is 10.1 Å². The SMILES string of the molecule is Cc1ccc(N)c(-c2nc(C3CCCC3)no2)c1. The molecule has 1 heterocycles. The lowest BCUT2D eigenvalue weighted by Gasteiger charge is -2.02. The normalized spacial score (nSPS) is 16.3. The molecule has 3 rings (SSSR count). The number of nitrogen functional groups attached to an aromatic ring is 1. The van der Waals surface area contributed by atoms with Crippen LogP contribution in [0.25, 0.3) is 11.5 Å². The van der Waals surface area contributed by atoms with E-state index >= 15 is 0 Å². The molecule has 4 nitrogen and oxygen atoms in total. The van der Waals surface area contributed by atoms with Crippen LogP contribution in [0.1, 0.15) is 43.0 Å². The summed E-state index contributed by atoms with van der Waals surface area (Å²) < 4.78 is 5.36. The van der Waals surface area contributed by atoms with E-state index in [-0.39, 0.29) is 0 Å². The van der Waals surface area contributed by atoms with Crippen molar-refractivity contribution in [3.05, 3.63) is 29.6 Å². The van der Waals surface area contributed by atoms with Crippen LogP contribution in [0, 0.1) is 6.92 Å². The molecule has 2 aromatic rings. The maximum Gasteiger partial charge on any atom is 0.260 e. The monoisotopic (exact) mass is 243 g/mol. The van der Waals surface area contributed by atoms with E-state index in [0.29, 0.717) is 17.5 Å². The van der Waals surface area contributed by atoms with Crippen LogP contribution in [0.2, 0.25) is 0 Å². The summed E-state index contributed by atoms with van der Waals surface area (Å²) in [6, 6.07) is 5.85. The maximum absolute atomic E-state index is 5.96. The lowest BCUT2D eigenvalue weighted by Crippen LogP contribution is -1.95. The summed E-state index contributed by atoms with van der Waals surface area (Å²) in [5.74, 6) is 1.84. The average Bonchev–Trinajstić information content (AvgIpc) is 3.00. The fourth-order valence-electron chi connectivity index (χ4n) is 2.55. The second kappa shape index (κ2) is 4.44. The first-order valence-electron chi connectivity index (χ1n) is 6.44. The quantitative estimate of drug-likeness (QED) is 0.822. The topological polar surface area (TPSA) is 64.9 Å². The summed E-state index contributed by atoms with van der Waals surface area (Å²) in [5, 5.41) is 4.10. The van der Waals surface area contributed by atoms with E-state index in [4.69, 9.17) is 10.3 Å². The number of nitrogens with zero attached hydrogens (tertiary/aromatic N) is 2. The van der Waals surface area contributed by atoms with Crippen molar-refractivity contribution in [3.8, 4) is 11.5 Å². The van der Waals surface area contributed by atoms with Gasteiger partial charge in [0, 0.05) is 11.6 Å². The molecule has 1 aromatic heterocycles. The van der Waals surface area contributed by atoms with E-state index in [1.54, 1.807) is 0 Å². The lowest BCUT2D eigenvalue weighted by atomic mass is 10.1. The van der Waals surface area contributed by atoms with Crippen LogP contribution >= 0.6 is 0 Å². The Balaban J connectivity index is 1.94. The smallest absolute Gasteiger partial charge is 0.260 e. The highest BCUT2D eigenvalue weighted by molar-refractivity contribution is 5.70. The van der Waals surface area contributed by atoms with Crippen LogP contribution in [0.5, 0.6) is 0 Å². The number of rotatable bonds is 2. The Morgan fingerprint density at radius 3 is 2.83 bits per heavy atom. The van der Waals surface area contributed by atoms with E-state index in [9.17, 15) is 0 Å². The molecule has 1 fully saturated rings. The van der Waals surface area contributed by atoms with Gasteiger partial charge in [-0.1, -0.05) is 29.6 Å². The minimum Gasteiger partial charge on any atom is -0.398 e. The van der Waals surface area contributed by atoms with Gasteiger partial charge in [0.1, 0.15) is 0 Å². The molecule has 0 saturated heterocycles. The molecule has 0 unspecified atom stereocenters. The molecular formula is C14H17N3O. The van der Waals surface area contributed by atoms with Crippen molar-refractivity contribution < 1.29 is 4.52 Å². The van der Waals surface area contributed by atoms with Crippen LogP contribution in [0.3, 0.4) is 0 Å². The van der Waals surface area contributed by atoms with E-state index in [0.717, 1.165) is 17.0 Å². The highest BCUT2D eigenvalue weighted by Gasteiger charge is 2.23. The fourth-order valence-corrected chi connectivity index (χ4v) is 2.55.